The molecule has 496 valence electrons. The molecule has 3 N–H and O–H groups in total. The van der Waals surface area contributed by atoms with Gasteiger partial charge in [-0.05, 0) is 83.5 Å². The summed E-state index contributed by atoms with van der Waals surface area (Å²) in [6, 6.07) is -0.626. The van der Waals surface area contributed by atoms with Crippen LogP contribution in [0.15, 0.2) is 36.5 Å². The molecule has 0 aromatic heterocycles. The molecule has 0 radical (unpaired) electrons. The van der Waals surface area contributed by atoms with Gasteiger partial charge in [0.1, 0.15) is 0 Å². The van der Waals surface area contributed by atoms with E-state index in [1.165, 1.54) is 353 Å². The number of esters is 1. The van der Waals surface area contributed by atoms with Gasteiger partial charge in [-0.15, -0.1) is 0 Å². The molecule has 1 amide bonds. The lowest BCUT2D eigenvalue weighted by molar-refractivity contribution is -0.143. The molecule has 84 heavy (non-hydrogen) atoms. The number of nitrogens with one attached hydrogen (secondary N) is 1. The average molecular weight is 1180 g/mol. The number of carbonyl (C=O) groups excluding carboxylic acids is 2. The molecule has 0 bridgehead atoms. The number of aliphatic hydroxyl groups excluding tert-OH is 2. The van der Waals surface area contributed by atoms with E-state index < -0.39 is 12.1 Å². The summed E-state index contributed by atoms with van der Waals surface area (Å²) in [5.74, 6) is -0.0500. The number of hydrogen-bond acceptors (Lipinski definition) is 5. The smallest absolute Gasteiger partial charge is 0.305 e. The van der Waals surface area contributed by atoms with Crippen LogP contribution in [-0.4, -0.2) is 47.4 Å². The predicted molar refractivity (Wildman–Crippen MR) is 370 cm³/mol. The number of ether oxygens (including phenoxy) is 1. The molecule has 0 saturated heterocycles. The van der Waals surface area contributed by atoms with Crippen molar-refractivity contribution in [2.24, 2.45) is 0 Å². The first-order chi connectivity index (χ1) is 41.5. The molecule has 0 aromatic carbocycles. The minimum atomic E-state index is -0.843. The number of carbonyl (C=O) groups is 2. The van der Waals surface area contributed by atoms with Crippen LogP contribution in [0.3, 0.4) is 0 Å². The van der Waals surface area contributed by atoms with Gasteiger partial charge in [-0.3, -0.25) is 9.59 Å². The number of unbranched alkanes of at least 4 members (excludes halogenated alkanes) is 57. The van der Waals surface area contributed by atoms with Crippen molar-refractivity contribution in [1.29, 1.82) is 0 Å². The standard InChI is InChI=1S/C78H149NO5/c1-3-5-7-9-11-13-15-17-18-19-20-38-41-44-47-50-54-58-62-66-70-76(81)75(74-80)79-77(82)71-67-63-59-55-51-48-45-42-39-36-34-32-30-28-26-24-22-21-23-25-27-29-31-33-35-37-40-43-46-49-53-57-61-65-69-73-84-78(83)72-68-64-60-56-52-16-14-12-10-8-6-4-2/h12,14,23,25,66,70,75-76,80-81H,3-11,13,15-22,24,26-65,67-69,71-74H2,1-2H3,(H,79,82)/b14-12-,25-23-,70-66+. The van der Waals surface area contributed by atoms with Crippen LogP contribution in [0.4, 0.5) is 0 Å². The molecule has 0 saturated carbocycles. The maximum atomic E-state index is 12.5. The van der Waals surface area contributed by atoms with Gasteiger partial charge in [-0.25, -0.2) is 0 Å². The quantitative estimate of drug-likeness (QED) is 0.0320. The lowest BCUT2D eigenvalue weighted by Gasteiger charge is -2.20. The zero-order valence-corrected chi connectivity index (χ0v) is 56.9. The Morgan fingerprint density at radius 2 is 0.560 bits per heavy atom. The lowest BCUT2D eigenvalue weighted by atomic mass is 10.0. The minimum absolute atomic E-state index is 0.0103. The highest BCUT2D eigenvalue weighted by Crippen LogP contribution is 2.19. The Labute approximate surface area is 525 Å². The molecular weight excluding hydrogens is 1030 g/mol. The molecule has 0 fully saturated rings. The summed E-state index contributed by atoms with van der Waals surface area (Å²) >= 11 is 0. The third kappa shape index (κ3) is 69.2. The van der Waals surface area contributed by atoms with Crippen LogP contribution in [-0.2, 0) is 14.3 Å². The Kier molecular flexibility index (Phi) is 71.9. The Hall–Kier alpha value is -1.92. The Morgan fingerprint density at radius 3 is 0.869 bits per heavy atom. The first-order valence-corrected chi connectivity index (χ1v) is 38.3. The molecule has 0 aliphatic heterocycles. The predicted octanol–water partition coefficient (Wildman–Crippen LogP) is 25.0. The summed E-state index contributed by atoms with van der Waals surface area (Å²) in [5.41, 5.74) is 0. The number of allylic oxidation sites excluding steroid dienone is 5. The van der Waals surface area contributed by atoms with Gasteiger partial charge in [0.2, 0.25) is 5.91 Å². The largest absolute Gasteiger partial charge is 0.466 e. The van der Waals surface area contributed by atoms with Crippen molar-refractivity contribution in [2.75, 3.05) is 13.2 Å². The molecule has 0 aromatic rings. The van der Waals surface area contributed by atoms with E-state index in [-0.39, 0.29) is 18.5 Å². The fourth-order valence-corrected chi connectivity index (χ4v) is 12.0. The van der Waals surface area contributed by atoms with E-state index in [1.54, 1.807) is 6.08 Å². The zero-order chi connectivity index (χ0) is 60.6. The van der Waals surface area contributed by atoms with Crippen molar-refractivity contribution < 1.29 is 24.5 Å². The second kappa shape index (κ2) is 73.5. The molecule has 6 nitrogen and oxygen atoms in total. The fraction of sp³-hybridized carbons (Fsp3) is 0.897. The van der Waals surface area contributed by atoms with E-state index in [9.17, 15) is 19.8 Å². The summed E-state index contributed by atoms with van der Waals surface area (Å²) in [6.45, 7) is 4.92. The highest BCUT2D eigenvalue weighted by molar-refractivity contribution is 5.76. The second-order valence-corrected chi connectivity index (χ2v) is 26.3. The van der Waals surface area contributed by atoms with E-state index in [1.807, 2.05) is 6.08 Å². The maximum absolute atomic E-state index is 12.5. The minimum Gasteiger partial charge on any atom is -0.466 e. The Balaban J connectivity index is 3.37. The molecule has 2 unspecified atom stereocenters. The van der Waals surface area contributed by atoms with Crippen LogP contribution in [0.25, 0.3) is 0 Å². The summed E-state index contributed by atoms with van der Waals surface area (Å²) < 4.78 is 5.48. The van der Waals surface area contributed by atoms with Crippen molar-refractivity contribution in [1.82, 2.24) is 5.32 Å². The van der Waals surface area contributed by atoms with E-state index in [0.29, 0.717) is 19.4 Å². The second-order valence-electron chi connectivity index (χ2n) is 26.3. The summed E-state index contributed by atoms with van der Waals surface area (Å²) in [6.07, 6.45) is 95.5. The van der Waals surface area contributed by atoms with Gasteiger partial charge >= 0.3 is 5.97 Å². The first kappa shape index (κ1) is 82.1. The fourth-order valence-electron chi connectivity index (χ4n) is 12.0. The normalized spacial score (nSPS) is 12.7. The molecule has 6 heteroatoms. The van der Waals surface area contributed by atoms with E-state index >= 15 is 0 Å². The maximum Gasteiger partial charge on any atom is 0.305 e. The molecular formula is C78H149NO5. The van der Waals surface area contributed by atoms with E-state index in [2.05, 4.69) is 43.5 Å². The zero-order valence-electron chi connectivity index (χ0n) is 56.9. The average Bonchev–Trinajstić information content (AvgIpc) is 3.52. The van der Waals surface area contributed by atoms with Gasteiger partial charge in [-0.1, -0.05) is 365 Å². The third-order valence-corrected chi connectivity index (χ3v) is 17.9. The monoisotopic (exact) mass is 1180 g/mol. The van der Waals surface area contributed by atoms with E-state index in [4.69, 9.17) is 4.74 Å². The Morgan fingerprint density at radius 1 is 0.321 bits per heavy atom. The van der Waals surface area contributed by atoms with Gasteiger partial charge < -0.3 is 20.3 Å². The molecule has 2 atom stereocenters. The summed E-state index contributed by atoms with van der Waals surface area (Å²) in [4.78, 5) is 24.6. The van der Waals surface area contributed by atoms with Gasteiger partial charge in [0.05, 0.1) is 25.4 Å². The van der Waals surface area contributed by atoms with Gasteiger partial charge in [-0.2, -0.15) is 0 Å². The number of aliphatic hydroxyl groups is 2. The highest BCUT2D eigenvalue weighted by Gasteiger charge is 2.18. The van der Waals surface area contributed by atoms with Crippen molar-refractivity contribution in [2.45, 2.75) is 437 Å². The lowest BCUT2D eigenvalue weighted by Crippen LogP contribution is -2.45. The molecule has 0 aliphatic carbocycles. The molecule has 0 spiro atoms. The first-order valence-electron chi connectivity index (χ1n) is 38.3. The molecule has 0 heterocycles. The van der Waals surface area contributed by atoms with E-state index in [0.717, 1.165) is 44.9 Å². The number of amides is 1. The Bertz CT molecular complexity index is 1360. The highest BCUT2D eigenvalue weighted by atomic mass is 16.5. The van der Waals surface area contributed by atoms with Crippen molar-refractivity contribution in [3.05, 3.63) is 36.5 Å². The van der Waals surface area contributed by atoms with Gasteiger partial charge in [0.25, 0.3) is 0 Å². The van der Waals surface area contributed by atoms with Crippen molar-refractivity contribution in [3.8, 4) is 0 Å². The summed E-state index contributed by atoms with van der Waals surface area (Å²) in [5, 5.41) is 23.3. The van der Waals surface area contributed by atoms with Crippen molar-refractivity contribution >= 4 is 11.9 Å². The molecule has 0 rings (SSSR count). The SMILES string of the molecule is CCCCC/C=C\CCCCCCCC(=O)OCCCCCCCCCCCCCCCC/C=C\CCCCCCCCCCCCCCCCCCCC(=O)NC(CO)C(O)/C=C/CCCCCCCCCCCCCCCCCCCC. The van der Waals surface area contributed by atoms with Gasteiger partial charge in [0.15, 0.2) is 0 Å². The van der Waals surface area contributed by atoms with Crippen LogP contribution in [0.2, 0.25) is 0 Å². The van der Waals surface area contributed by atoms with Gasteiger partial charge in [0, 0.05) is 12.8 Å². The van der Waals surface area contributed by atoms with Crippen LogP contribution < -0.4 is 5.32 Å². The van der Waals surface area contributed by atoms with Crippen molar-refractivity contribution in [3.63, 3.8) is 0 Å². The number of rotatable bonds is 72. The van der Waals surface area contributed by atoms with Crippen LogP contribution in [0, 0.1) is 0 Å². The number of hydrogen-bond donors (Lipinski definition) is 3. The summed E-state index contributed by atoms with van der Waals surface area (Å²) in [7, 11) is 0. The van der Waals surface area contributed by atoms with Crippen LogP contribution in [0.1, 0.15) is 425 Å². The third-order valence-electron chi connectivity index (χ3n) is 17.9. The van der Waals surface area contributed by atoms with Crippen LogP contribution in [0.5, 0.6) is 0 Å². The van der Waals surface area contributed by atoms with Crippen LogP contribution >= 0.6 is 0 Å². The topological polar surface area (TPSA) is 95.9 Å². The molecule has 0 aliphatic rings.